The minimum atomic E-state index is -4.68. The van der Waals surface area contributed by atoms with Crippen LogP contribution in [0.2, 0.25) is 0 Å². The number of ether oxygens (including phenoxy) is 1. The zero-order valence-electron chi connectivity index (χ0n) is 15.5. The third-order valence-electron chi connectivity index (χ3n) is 6.42. The second kappa shape index (κ2) is 5.78. The molecule has 0 spiro atoms. The number of halogens is 4. The molecule has 2 aromatic rings. The Morgan fingerprint density at radius 2 is 2.03 bits per heavy atom. The first-order chi connectivity index (χ1) is 13.6. The molecule has 3 saturated carbocycles. The maximum absolute atomic E-state index is 14.1. The zero-order valence-corrected chi connectivity index (χ0v) is 15.5. The molecule has 1 aliphatic heterocycles. The Morgan fingerprint density at radius 1 is 1.31 bits per heavy atom. The molecule has 3 fully saturated rings. The van der Waals surface area contributed by atoms with Gasteiger partial charge in [-0.05, 0) is 37.8 Å². The van der Waals surface area contributed by atoms with E-state index in [2.05, 4.69) is 15.4 Å². The van der Waals surface area contributed by atoms with E-state index in [1.54, 1.807) is 11.8 Å². The van der Waals surface area contributed by atoms with E-state index in [4.69, 9.17) is 4.74 Å². The Bertz CT molecular complexity index is 996. The van der Waals surface area contributed by atoms with Crippen LogP contribution in [0.1, 0.15) is 43.1 Å². The average Bonchev–Trinajstić information content (AvgIpc) is 3.14. The molecule has 6 rings (SSSR count). The number of hydrogen-bond acceptors (Lipinski definition) is 4. The monoisotopic (exact) mass is 410 g/mol. The first-order valence-electron chi connectivity index (χ1n) is 9.32. The fraction of sp³-hybridized carbons (Fsp3) is 0.526. The number of rotatable bonds is 4. The lowest BCUT2D eigenvalue weighted by Gasteiger charge is -2.68. The summed E-state index contributed by atoms with van der Waals surface area (Å²) in [6.45, 7) is 0.494. The molecule has 0 aromatic carbocycles. The number of carbonyl (C=O) groups is 1. The van der Waals surface area contributed by atoms with Crippen molar-refractivity contribution in [2.45, 2.75) is 50.0 Å². The van der Waals surface area contributed by atoms with Crippen LogP contribution in [-0.4, -0.2) is 33.4 Å². The minimum Gasteiger partial charge on any atom is -0.378 e. The van der Waals surface area contributed by atoms with E-state index in [1.807, 2.05) is 0 Å². The molecule has 6 nitrogen and oxygen atoms in total. The van der Waals surface area contributed by atoms with Gasteiger partial charge in [0.05, 0.1) is 34.6 Å². The molecule has 0 saturated heterocycles. The van der Waals surface area contributed by atoms with E-state index in [0.717, 1.165) is 0 Å². The third kappa shape index (κ3) is 2.68. The summed E-state index contributed by atoms with van der Waals surface area (Å²) in [7, 11) is 1.65. The van der Waals surface area contributed by atoms with Crippen LogP contribution in [0, 0.1) is 11.2 Å². The smallest absolute Gasteiger partial charge is 0.378 e. The van der Waals surface area contributed by atoms with Crippen LogP contribution >= 0.6 is 0 Å². The normalized spacial score (nSPS) is 29.8. The van der Waals surface area contributed by atoms with Gasteiger partial charge in [-0.15, -0.1) is 0 Å². The van der Waals surface area contributed by atoms with Crippen LogP contribution in [-0.2, 0) is 22.3 Å². The summed E-state index contributed by atoms with van der Waals surface area (Å²) < 4.78 is 59.9. The summed E-state index contributed by atoms with van der Waals surface area (Å²) in [5.74, 6) is -0.916. The van der Waals surface area contributed by atoms with Gasteiger partial charge in [-0.2, -0.15) is 18.3 Å². The largest absolute Gasteiger partial charge is 0.433 e. The van der Waals surface area contributed by atoms with Crippen molar-refractivity contribution < 1.29 is 27.1 Å². The summed E-state index contributed by atoms with van der Waals surface area (Å²) in [5.41, 5.74) is -1.20. The zero-order chi connectivity index (χ0) is 20.6. The Labute approximate surface area is 163 Å². The Hall–Kier alpha value is -2.49. The maximum Gasteiger partial charge on any atom is 0.433 e. The molecule has 3 aliphatic carbocycles. The molecule has 3 heterocycles. The Balaban J connectivity index is 1.37. The molecule has 0 radical (unpaired) electrons. The standard InChI is InChI=1S/C19H18F4N4O2/c1-29-18-7-17(8-18,9-18)16(28)25-12-2-3-27-14(12)5-13(26-27)10-4-15(19(21,22)23)24-6-11(10)20/h4-6,12H,2-3,7-9H2,1H3,(H,25,28)/t12-,17?,18?/m0/s1. The van der Waals surface area contributed by atoms with Crippen LogP contribution in [0.5, 0.6) is 0 Å². The molecule has 2 aromatic heterocycles. The number of nitrogens with zero attached hydrogens (tertiary/aromatic N) is 3. The van der Waals surface area contributed by atoms with Gasteiger partial charge in [0.15, 0.2) is 5.82 Å². The van der Waals surface area contributed by atoms with Gasteiger partial charge in [-0.3, -0.25) is 9.48 Å². The van der Waals surface area contributed by atoms with Gasteiger partial charge in [-0.25, -0.2) is 9.37 Å². The van der Waals surface area contributed by atoms with Gasteiger partial charge >= 0.3 is 6.18 Å². The number of carbonyl (C=O) groups excluding carboxylic acids is 1. The van der Waals surface area contributed by atoms with Crippen LogP contribution in [0.25, 0.3) is 11.3 Å². The summed E-state index contributed by atoms with van der Waals surface area (Å²) in [4.78, 5) is 15.8. The first kappa shape index (κ1) is 18.5. The van der Waals surface area contributed by atoms with Gasteiger partial charge in [0, 0.05) is 19.2 Å². The maximum atomic E-state index is 14.1. The van der Waals surface area contributed by atoms with E-state index in [1.165, 1.54) is 6.07 Å². The lowest BCUT2D eigenvalue weighted by Crippen LogP contribution is -2.72. The highest BCUT2D eigenvalue weighted by molar-refractivity contribution is 5.87. The number of methoxy groups -OCH3 is 1. The topological polar surface area (TPSA) is 69.0 Å². The molecule has 29 heavy (non-hydrogen) atoms. The predicted molar refractivity (Wildman–Crippen MR) is 91.9 cm³/mol. The molecular formula is C19H18F4N4O2. The second-order valence-corrected chi connectivity index (χ2v) is 8.24. The molecular weight excluding hydrogens is 392 g/mol. The van der Waals surface area contributed by atoms with E-state index in [9.17, 15) is 22.4 Å². The highest BCUT2D eigenvalue weighted by Gasteiger charge is 2.72. The van der Waals surface area contributed by atoms with Gasteiger partial charge in [0.2, 0.25) is 5.91 Å². The predicted octanol–water partition coefficient (Wildman–Crippen LogP) is 3.23. The number of aromatic nitrogens is 3. The fourth-order valence-electron chi connectivity index (χ4n) is 4.82. The lowest BCUT2D eigenvalue weighted by atomic mass is 9.40. The van der Waals surface area contributed by atoms with Crippen molar-refractivity contribution in [2.75, 3.05) is 7.11 Å². The van der Waals surface area contributed by atoms with Crippen LogP contribution in [0.3, 0.4) is 0 Å². The van der Waals surface area contributed by atoms with Gasteiger partial charge in [0.1, 0.15) is 5.69 Å². The van der Waals surface area contributed by atoms with Crippen LogP contribution < -0.4 is 5.32 Å². The molecule has 0 unspecified atom stereocenters. The second-order valence-electron chi connectivity index (χ2n) is 8.24. The molecule has 1 atom stereocenters. The Kier molecular flexibility index (Phi) is 3.69. The average molecular weight is 410 g/mol. The summed E-state index contributed by atoms with van der Waals surface area (Å²) in [6.07, 6.45) is -1.36. The summed E-state index contributed by atoms with van der Waals surface area (Å²) >= 11 is 0. The molecule has 4 aliphatic rings. The number of fused-ring (bicyclic) bond motifs is 1. The molecule has 1 amide bonds. The molecule has 154 valence electrons. The van der Waals surface area contributed by atoms with Crippen LogP contribution in [0.15, 0.2) is 18.3 Å². The highest BCUT2D eigenvalue weighted by Crippen LogP contribution is 2.69. The quantitative estimate of drug-likeness (QED) is 0.786. The van der Waals surface area contributed by atoms with E-state index < -0.39 is 17.7 Å². The third-order valence-corrected chi connectivity index (χ3v) is 6.42. The summed E-state index contributed by atoms with van der Waals surface area (Å²) in [6, 6.07) is 1.89. The van der Waals surface area contributed by atoms with Crippen molar-refractivity contribution in [1.82, 2.24) is 20.1 Å². The van der Waals surface area contributed by atoms with E-state index in [-0.39, 0.29) is 34.2 Å². The van der Waals surface area contributed by atoms with Crippen molar-refractivity contribution >= 4 is 5.91 Å². The minimum absolute atomic E-state index is 0.0351. The SMILES string of the molecule is COC12CC(C(=O)N[C@H]3CCn4nc(-c5cc(C(F)(F)F)ncc5F)cc43)(C1)C2. The Morgan fingerprint density at radius 3 is 2.69 bits per heavy atom. The highest BCUT2D eigenvalue weighted by atomic mass is 19.4. The number of pyridine rings is 1. The lowest BCUT2D eigenvalue weighted by molar-refractivity contribution is -0.263. The number of amides is 1. The number of aryl methyl sites for hydroxylation is 1. The first-order valence-corrected chi connectivity index (χ1v) is 9.32. The van der Waals surface area contributed by atoms with Crippen molar-refractivity contribution in [3.63, 3.8) is 0 Å². The van der Waals surface area contributed by atoms with Crippen molar-refractivity contribution in [3.05, 3.63) is 35.5 Å². The summed E-state index contributed by atoms with van der Waals surface area (Å²) in [5, 5.41) is 7.27. The fourth-order valence-corrected chi connectivity index (χ4v) is 4.82. The van der Waals surface area contributed by atoms with E-state index >= 15 is 0 Å². The van der Waals surface area contributed by atoms with Crippen LogP contribution in [0.4, 0.5) is 17.6 Å². The number of alkyl halides is 3. The van der Waals surface area contributed by atoms with Gasteiger partial charge in [0.25, 0.3) is 0 Å². The van der Waals surface area contributed by atoms with E-state index in [0.29, 0.717) is 50.2 Å². The number of hydrogen-bond donors (Lipinski definition) is 1. The molecule has 1 N–H and O–H groups in total. The van der Waals surface area contributed by atoms with Crippen molar-refractivity contribution in [3.8, 4) is 11.3 Å². The molecule has 10 heteroatoms. The van der Waals surface area contributed by atoms with Gasteiger partial charge in [-0.1, -0.05) is 0 Å². The van der Waals surface area contributed by atoms with Crippen molar-refractivity contribution in [2.24, 2.45) is 5.41 Å². The molecule has 2 bridgehead atoms. The number of nitrogens with one attached hydrogen (secondary N) is 1. The van der Waals surface area contributed by atoms with Gasteiger partial charge < -0.3 is 10.1 Å². The van der Waals surface area contributed by atoms with Crippen molar-refractivity contribution in [1.29, 1.82) is 0 Å².